The number of hydrogen-bond acceptors (Lipinski definition) is 4. The monoisotopic (exact) mass is 370 g/mol. The first kappa shape index (κ1) is 17.5. The first-order valence-corrected chi connectivity index (χ1v) is 10.7. The largest absolute Gasteiger partial charge is 0.349 e. The number of carbonyl (C=O) groups excluding carboxylic acids is 1. The molecule has 2 aliphatic carbocycles. The van der Waals surface area contributed by atoms with Crippen LogP contribution in [-0.2, 0) is 0 Å². The lowest BCUT2D eigenvalue weighted by Gasteiger charge is -2.25. The Kier molecular flexibility index (Phi) is 4.99. The Bertz CT molecular complexity index is 832. The molecule has 0 spiro atoms. The predicted octanol–water partition coefficient (Wildman–Crippen LogP) is 4.72. The molecule has 2 aromatic rings. The number of aromatic nitrogens is 2. The van der Waals surface area contributed by atoms with Crippen LogP contribution in [0, 0.1) is 24.2 Å². The van der Waals surface area contributed by atoms with Crippen LogP contribution in [0.4, 0.5) is 0 Å². The van der Waals surface area contributed by atoms with Gasteiger partial charge in [-0.2, -0.15) is 10.4 Å². The zero-order chi connectivity index (χ0) is 18.1. The lowest BCUT2D eigenvalue weighted by Crippen LogP contribution is -2.37. The van der Waals surface area contributed by atoms with E-state index in [1.54, 1.807) is 11.3 Å². The number of thiophene rings is 1. The van der Waals surface area contributed by atoms with Gasteiger partial charge >= 0.3 is 0 Å². The second-order valence-electron chi connectivity index (χ2n) is 7.80. The molecule has 2 fully saturated rings. The highest BCUT2D eigenvalue weighted by molar-refractivity contribution is 7.20. The fraction of sp³-hybridized carbons (Fsp3) is 0.650. The first-order chi connectivity index (χ1) is 12.7. The molecular weight excluding hydrogens is 344 g/mol. The summed E-state index contributed by atoms with van der Waals surface area (Å²) in [5.74, 6) is 0.192. The smallest absolute Gasteiger partial charge is 0.261 e. The van der Waals surface area contributed by atoms with Gasteiger partial charge in [0.15, 0.2) is 0 Å². The molecule has 2 heterocycles. The van der Waals surface area contributed by atoms with E-state index in [1.807, 2.05) is 13.0 Å². The normalized spacial score (nSPS) is 24.5. The first-order valence-electron chi connectivity index (χ1n) is 9.85. The van der Waals surface area contributed by atoms with Gasteiger partial charge < -0.3 is 5.32 Å². The van der Waals surface area contributed by atoms with Gasteiger partial charge in [0.2, 0.25) is 0 Å². The van der Waals surface area contributed by atoms with E-state index >= 15 is 0 Å². The molecule has 2 saturated carbocycles. The molecule has 0 atom stereocenters. The van der Waals surface area contributed by atoms with Gasteiger partial charge in [-0.1, -0.05) is 19.3 Å². The summed E-state index contributed by atoms with van der Waals surface area (Å²) in [5, 5.41) is 18.1. The molecule has 0 unspecified atom stereocenters. The molecule has 1 N–H and O–H groups in total. The Morgan fingerprint density at radius 1 is 1.23 bits per heavy atom. The summed E-state index contributed by atoms with van der Waals surface area (Å²) in [7, 11) is 0. The number of carbonyl (C=O) groups is 1. The number of nitrogens with zero attached hydrogens (tertiary/aromatic N) is 3. The van der Waals surface area contributed by atoms with Crippen LogP contribution >= 0.6 is 11.3 Å². The molecule has 6 heteroatoms. The third kappa shape index (κ3) is 3.37. The Hall–Kier alpha value is -1.87. The molecule has 5 nitrogen and oxygen atoms in total. The van der Waals surface area contributed by atoms with Crippen molar-refractivity contribution in [2.75, 3.05) is 0 Å². The zero-order valence-corrected chi connectivity index (χ0v) is 16.1. The predicted molar refractivity (Wildman–Crippen MR) is 103 cm³/mol. The highest BCUT2D eigenvalue weighted by Crippen LogP contribution is 2.35. The Labute approximate surface area is 158 Å². The SMILES string of the molecule is Cc1nn(C2CCCCC2)c2sc(C(=O)N[C@H]3CC[C@H](C#N)CC3)cc12. The van der Waals surface area contributed by atoms with Crippen LogP contribution in [0.3, 0.4) is 0 Å². The molecule has 138 valence electrons. The molecule has 2 aliphatic rings. The number of amides is 1. The fourth-order valence-electron chi connectivity index (χ4n) is 4.38. The topological polar surface area (TPSA) is 70.7 Å². The van der Waals surface area contributed by atoms with Crippen LogP contribution in [0.1, 0.15) is 79.2 Å². The minimum Gasteiger partial charge on any atom is -0.349 e. The van der Waals surface area contributed by atoms with Crippen molar-refractivity contribution in [3.63, 3.8) is 0 Å². The molecule has 0 saturated heterocycles. The van der Waals surface area contributed by atoms with E-state index in [0.29, 0.717) is 6.04 Å². The average molecular weight is 371 g/mol. The highest BCUT2D eigenvalue weighted by atomic mass is 32.1. The summed E-state index contributed by atoms with van der Waals surface area (Å²) in [6.07, 6.45) is 9.85. The van der Waals surface area contributed by atoms with E-state index < -0.39 is 0 Å². The van der Waals surface area contributed by atoms with E-state index in [1.165, 1.54) is 32.1 Å². The quantitative estimate of drug-likeness (QED) is 0.849. The number of aryl methyl sites for hydroxylation is 1. The van der Waals surface area contributed by atoms with E-state index in [2.05, 4.69) is 16.1 Å². The molecule has 0 radical (unpaired) electrons. The van der Waals surface area contributed by atoms with Gasteiger partial charge in [0.05, 0.1) is 22.7 Å². The molecule has 4 rings (SSSR count). The third-order valence-corrected chi connectivity index (χ3v) is 7.08. The van der Waals surface area contributed by atoms with Crippen LogP contribution < -0.4 is 5.32 Å². The maximum absolute atomic E-state index is 12.7. The number of nitriles is 1. The molecule has 2 aromatic heterocycles. The van der Waals surface area contributed by atoms with Crippen LogP contribution in [0.2, 0.25) is 0 Å². The average Bonchev–Trinajstić information content (AvgIpc) is 3.24. The number of fused-ring (bicyclic) bond motifs is 1. The van der Waals surface area contributed by atoms with E-state index in [-0.39, 0.29) is 17.9 Å². The van der Waals surface area contributed by atoms with E-state index in [0.717, 1.165) is 46.5 Å². The standard InChI is InChI=1S/C20H26N4OS/c1-13-17-11-18(19(25)22-15-9-7-14(12-21)8-10-15)26-20(17)24(23-13)16-5-3-2-4-6-16/h11,14-16H,2-10H2,1H3,(H,22,25)/t14-,15-. The maximum Gasteiger partial charge on any atom is 0.261 e. The summed E-state index contributed by atoms with van der Waals surface area (Å²) in [6.45, 7) is 2.04. The van der Waals surface area contributed by atoms with E-state index in [9.17, 15) is 4.79 Å². The Morgan fingerprint density at radius 2 is 1.96 bits per heavy atom. The van der Waals surface area contributed by atoms with Gasteiger partial charge in [-0.25, -0.2) is 0 Å². The summed E-state index contributed by atoms with van der Waals surface area (Å²) >= 11 is 1.58. The van der Waals surface area contributed by atoms with Crippen LogP contribution in [0.25, 0.3) is 10.2 Å². The van der Waals surface area contributed by atoms with Gasteiger partial charge in [0, 0.05) is 17.3 Å². The number of rotatable bonds is 3. The lowest BCUT2D eigenvalue weighted by molar-refractivity contribution is 0.0929. The van der Waals surface area contributed by atoms with Crippen molar-refractivity contribution < 1.29 is 4.79 Å². The van der Waals surface area contributed by atoms with Crippen molar-refractivity contribution in [3.05, 3.63) is 16.6 Å². The summed E-state index contributed by atoms with van der Waals surface area (Å²) in [4.78, 5) is 14.7. The number of hydrogen-bond donors (Lipinski definition) is 1. The van der Waals surface area contributed by atoms with Gasteiger partial charge in [0.25, 0.3) is 5.91 Å². The van der Waals surface area contributed by atoms with Gasteiger partial charge in [-0.15, -0.1) is 11.3 Å². The molecule has 0 aromatic carbocycles. The molecule has 0 bridgehead atoms. The Balaban J connectivity index is 1.50. The van der Waals surface area contributed by atoms with Crippen molar-refractivity contribution >= 4 is 27.5 Å². The second-order valence-corrected chi connectivity index (χ2v) is 8.83. The van der Waals surface area contributed by atoms with Crippen LogP contribution in [-0.4, -0.2) is 21.7 Å². The van der Waals surface area contributed by atoms with Crippen molar-refractivity contribution in [3.8, 4) is 6.07 Å². The number of nitrogens with one attached hydrogen (secondary N) is 1. The molecule has 26 heavy (non-hydrogen) atoms. The maximum atomic E-state index is 12.7. The highest BCUT2D eigenvalue weighted by Gasteiger charge is 2.25. The zero-order valence-electron chi connectivity index (χ0n) is 15.3. The second kappa shape index (κ2) is 7.40. The summed E-state index contributed by atoms with van der Waals surface area (Å²) in [6, 6.07) is 5.04. The Morgan fingerprint density at radius 3 is 2.65 bits per heavy atom. The van der Waals surface area contributed by atoms with Crippen molar-refractivity contribution in [2.24, 2.45) is 5.92 Å². The third-order valence-electron chi connectivity index (χ3n) is 5.96. The van der Waals surface area contributed by atoms with Gasteiger partial charge in [0.1, 0.15) is 4.83 Å². The van der Waals surface area contributed by atoms with E-state index in [4.69, 9.17) is 10.4 Å². The molecule has 0 aliphatic heterocycles. The molecular formula is C20H26N4OS. The van der Waals surface area contributed by atoms with Gasteiger partial charge in [-0.05, 0) is 51.5 Å². The van der Waals surface area contributed by atoms with Crippen LogP contribution in [0.5, 0.6) is 0 Å². The van der Waals surface area contributed by atoms with Gasteiger partial charge in [-0.3, -0.25) is 9.48 Å². The summed E-state index contributed by atoms with van der Waals surface area (Å²) < 4.78 is 2.18. The minimum absolute atomic E-state index is 0.0289. The lowest BCUT2D eigenvalue weighted by atomic mass is 9.87. The van der Waals surface area contributed by atoms with Crippen molar-refractivity contribution in [1.82, 2.24) is 15.1 Å². The fourth-order valence-corrected chi connectivity index (χ4v) is 5.52. The minimum atomic E-state index is 0.0289. The van der Waals surface area contributed by atoms with Crippen molar-refractivity contribution in [2.45, 2.75) is 76.8 Å². The van der Waals surface area contributed by atoms with Crippen molar-refractivity contribution in [1.29, 1.82) is 5.26 Å². The molecule has 1 amide bonds. The summed E-state index contributed by atoms with van der Waals surface area (Å²) in [5.41, 5.74) is 1.02. The van der Waals surface area contributed by atoms with Crippen LogP contribution in [0.15, 0.2) is 6.07 Å².